The van der Waals surface area contributed by atoms with E-state index in [1.54, 1.807) is 7.11 Å². The monoisotopic (exact) mass is 216 g/mol. The Hall–Kier alpha value is -0.120. The van der Waals surface area contributed by atoms with Crippen molar-refractivity contribution in [3.05, 3.63) is 0 Å². The smallest absolute Gasteiger partial charge is 0.0667 e. The van der Waals surface area contributed by atoms with Gasteiger partial charge < -0.3 is 15.4 Å². The summed E-state index contributed by atoms with van der Waals surface area (Å²) >= 11 is 0. The van der Waals surface area contributed by atoms with Gasteiger partial charge in [0.2, 0.25) is 0 Å². The van der Waals surface area contributed by atoms with E-state index in [-0.39, 0.29) is 11.6 Å². The van der Waals surface area contributed by atoms with Gasteiger partial charge in [0, 0.05) is 31.8 Å². The van der Waals surface area contributed by atoms with Crippen LogP contribution in [0.4, 0.5) is 0 Å². The summed E-state index contributed by atoms with van der Waals surface area (Å²) in [4.78, 5) is 0. The maximum Gasteiger partial charge on any atom is 0.0667 e. The molecule has 0 aromatic rings. The first kappa shape index (κ1) is 14.9. The number of rotatable bonds is 8. The summed E-state index contributed by atoms with van der Waals surface area (Å²) in [5, 5.41) is 6.99. The Morgan fingerprint density at radius 1 is 1.20 bits per heavy atom. The highest BCUT2D eigenvalue weighted by Crippen LogP contribution is 2.06. The molecule has 3 heteroatoms. The third-order valence-electron chi connectivity index (χ3n) is 2.93. The SMILES string of the molecule is CCC(C)(C)NCC(C)NCC(C)OC. The summed E-state index contributed by atoms with van der Waals surface area (Å²) in [5.41, 5.74) is 0.239. The van der Waals surface area contributed by atoms with Crippen molar-refractivity contribution < 1.29 is 4.74 Å². The van der Waals surface area contributed by atoms with Gasteiger partial charge in [-0.1, -0.05) is 6.92 Å². The van der Waals surface area contributed by atoms with E-state index in [2.05, 4.69) is 45.3 Å². The summed E-state index contributed by atoms with van der Waals surface area (Å²) in [7, 11) is 1.75. The Kier molecular flexibility index (Phi) is 7.14. The first-order chi connectivity index (χ1) is 6.91. The fourth-order valence-corrected chi connectivity index (χ4v) is 1.08. The molecule has 0 aliphatic carbocycles. The van der Waals surface area contributed by atoms with Crippen LogP contribution in [-0.2, 0) is 4.74 Å². The number of nitrogens with one attached hydrogen (secondary N) is 2. The lowest BCUT2D eigenvalue weighted by Crippen LogP contribution is -2.47. The summed E-state index contributed by atoms with van der Waals surface area (Å²) in [5.74, 6) is 0. The van der Waals surface area contributed by atoms with Crippen LogP contribution in [0.15, 0.2) is 0 Å². The van der Waals surface area contributed by atoms with Crippen molar-refractivity contribution >= 4 is 0 Å². The van der Waals surface area contributed by atoms with E-state index in [0.29, 0.717) is 6.04 Å². The van der Waals surface area contributed by atoms with Gasteiger partial charge in [0.05, 0.1) is 6.10 Å². The van der Waals surface area contributed by atoms with Crippen molar-refractivity contribution in [1.29, 1.82) is 0 Å². The first-order valence-corrected chi connectivity index (χ1v) is 5.92. The van der Waals surface area contributed by atoms with Crippen LogP contribution in [0.3, 0.4) is 0 Å². The Morgan fingerprint density at radius 3 is 2.27 bits per heavy atom. The zero-order valence-electron chi connectivity index (χ0n) is 11.2. The van der Waals surface area contributed by atoms with Gasteiger partial charge in [0.1, 0.15) is 0 Å². The average molecular weight is 216 g/mol. The lowest BCUT2D eigenvalue weighted by molar-refractivity contribution is 0.114. The molecule has 0 amide bonds. The number of ether oxygens (including phenoxy) is 1. The van der Waals surface area contributed by atoms with Crippen LogP contribution in [0.2, 0.25) is 0 Å². The summed E-state index contributed by atoms with van der Waals surface area (Å²) < 4.78 is 5.18. The van der Waals surface area contributed by atoms with Crippen LogP contribution in [-0.4, -0.2) is 37.9 Å². The second-order valence-corrected chi connectivity index (χ2v) is 4.97. The molecule has 0 heterocycles. The molecule has 15 heavy (non-hydrogen) atoms. The van der Waals surface area contributed by atoms with Crippen molar-refractivity contribution in [1.82, 2.24) is 10.6 Å². The molecule has 0 saturated heterocycles. The van der Waals surface area contributed by atoms with Crippen molar-refractivity contribution in [3.63, 3.8) is 0 Å². The maximum absolute atomic E-state index is 5.18. The second-order valence-electron chi connectivity index (χ2n) is 4.97. The summed E-state index contributed by atoms with van der Waals surface area (Å²) in [6.07, 6.45) is 1.43. The van der Waals surface area contributed by atoms with Crippen molar-refractivity contribution in [2.45, 2.75) is 58.7 Å². The highest BCUT2D eigenvalue weighted by Gasteiger charge is 2.14. The third-order valence-corrected chi connectivity index (χ3v) is 2.93. The molecule has 2 N–H and O–H groups in total. The van der Waals surface area contributed by atoms with E-state index < -0.39 is 0 Å². The summed E-state index contributed by atoms with van der Waals surface area (Å²) in [6.45, 7) is 12.8. The summed E-state index contributed by atoms with van der Waals surface area (Å²) in [6, 6.07) is 0.480. The molecule has 92 valence electrons. The highest BCUT2D eigenvalue weighted by molar-refractivity contribution is 4.78. The predicted octanol–water partition coefficient (Wildman–Crippen LogP) is 1.78. The average Bonchev–Trinajstić information content (AvgIpc) is 2.23. The van der Waals surface area contributed by atoms with Crippen LogP contribution in [0.25, 0.3) is 0 Å². The number of methoxy groups -OCH3 is 1. The standard InChI is InChI=1S/C12H28N2O/c1-7-12(4,5)14-8-10(2)13-9-11(3)15-6/h10-11,13-14H,7-9H2,1-6H3. The molecule has 0 saturated carbocycles. The van der Waals surface area contributed by atoms with Gasteiger partial charge in [0.25, 0.3) is 0 Å². The van der Waals surface area contributed by atoms with E-state index >= 15 is 0 Å². The van der Waals surface area contributed by atoms with Crippen LogP contribution in [0, 0.1) is 0 Å². The van der Waals surface area contributed by atoms with Crippen molar-refractivity contribution in [3.8, 4) is 0 Å². The van der Waals surface area contributed by atoms with Crippen molar-refractivity contribution in [2.75, 3.05) is 20.2 Å². The Morgan fingerprint density at radius 2 is 1.80 bits per heavy atom. The maximum atomic E-state index is 5.18. The largest absolute Gasteiger partial charge is 0.380 e. The molecule has 0 spiro atoms. The van der Waals surface area contributed by atoms with Gasteiger partial charge in [-0.05, 0) is 34.1 Å². The van der Waals surface area contributed by atoms with Gasteiger partial charge in [-0.3, -0.25) is 0 Å². The molecular weight excluding hydrogens is 188 g/mol. The number of hydrogen-bond acceptors (Lipinski definition) is 3. The normalized spacial score (nSPS) is 16.4. The first-order valence-electron chi connectivity index (χ1n) is 5.92. The fraction of sp³-hybridized carbons (Fsp3) is 1.00. The van der Waals surface area contributed by atoms with E-state index in [1.807, 2.05) is 0 Å². The predicted molar refractivity (Wildman–Crippen MR) is 66.3 cm³/mol. The van der Waals surface area contributed by atoms with Gasteiger partial charge in [0.15, 0.2) is 0 Å². The molecule has 0 radical (unpaired) electrons. The molecule has 2 atom stereocenters. The van der Waals surface area contributed by atoms with E-state index in [1.165, 1.54) is 0 Å². The highest BCUT2D eigenvalue weighted by atomic mass is 16.5. The molecule has 0 aromatic carbocycles. The third kappa shape index (κ3) is 7.77. The molecule has 0 bridgehead atoms. The van der Waals surface area contributed by atoms with Gasteiger partial charge >= 0.3 is 0 Å². The van der Waals surface area contributed by atoms with E-state index in [0.717, 1.165) is 19.5 Å². The zero-order chi connectivity index (χ0) is 11.9. The second kappa shape index (κ2) is 7.20. The number of hydrogen-bond donors (Lipinski definition) is 2. The fourth-order valence-electron chi connectivity index (χ4n) is 1.08. The van der Waals surface area contributed by atoms with Gasteiger partial charge in [-0.2, -0.15) is 0 Å². The van der Waals surface area contributed by atoms with Crippen LogP contribution in [0.5, 0.6) is 0 Å². The molecule has 0 aromatic heterocycles. The minimum atomic E-state index is 0.239. The molecule has 0 fully saturated rings. The molecule has 0 aliphatic heterocycles. The zero-order valence-corrected chi connectivity index (χ0v) is 11.2. The molecular formula is C12H28N2O. The Balaban J connectivity index is 3.61. The molecule has 2 unspecified atom stereocenters. The van der Waals surface area contributed by atoms with Crippen molar-refractivity contribution in [2.24, 2.45) is 0 Å². The lowest BCUT2D eigenvalue weighted by Gasteiger charge is -2.27. The minimum Gasteiger partial charge on any atom is -0.380 e. The van der Waals surface area contributed by atoms with Crippen LogP contribution in [0.1, 0.15) is 41.0 Å². The van der Waals surface area contributed by atoms with Crippen LogP contribution >= 0.6 is 0 Å². The van der Waals surface area contributed by atoms with Gasteiger partial charge in [-0.25, -0.2) is 0 Å². The van der Waals surface area contributed by atoms with Gasteiger partial charge in [-0.15, -0.1) is 0 Å². The van der Waals surface area contributed by atoms with E-state index in [4.69, 9.17) is 4.74 Å². The molecule has 0 rings (SSSR count). The van der Waals surface area contributed by atoms with E-state index in [9.17, 15) is 0 Å². The molecule has 3 nitrogen and oxygen atoms in total. The lowest BCUT2D eigenvalue weighted by atomic mass is 10.0. The quantitative estimate of drug-likeness (QED) is 0.649. The Bertz CT molecular complexity index is 160. The molecule has 0 aliphatic rings. The van der Waals surface area contributed by atoms with Crippen LogP contribution < -0.4 is 10.6 Å². The minimum absolute atomic E-state index is 0.239. The topological polar surface area (TPSA) is 33.3 Å². The Labute approximate surface area is 95.0 Å².